The van der Waals surface area contributed by atoms with Gasteiger partial charge in [-0.3, -0.25) is 0 Å². The van der Waals surface area contributed by atoms with E-state index in [2.05, 4.69) is 254 Å². The second-order valence-electron chi connectivity index (χ2n) is 17.3. The van der Waals surface area contributed by atoms with Gasteiger partial charge in [-0.2, -0.15) is 0 Å². The summed E-state index contributed by atoms with van der Waals surface area (Å²) < 4.78 is 2.43. The molecule has 1 heterocycles. The van der Waals surface area contributed by atoms with Crippen LogP contribution in [-0.4, -0.2) is 4.57 Å². The average Bonchev–Trinajstić information content (AvgIpc) is 3.80. The molecule has 0 amide bonds. The van der Waals surface area contributed by atoms with E-state index in [-0.39, 0.29) is 5.41 Å². The molecular formula is C61H44N2. The van der Waals surface area contributed by atoms with Crippen LogP contribution < -0.4 is 4.90 Å². The SMILES string of the molecule is CC1(C)c2ccccc2-c2ccc(N(c3ccc(-c4ccccc4-n4c5ccccc5c5ccccc54)cc3)c3cc(-c4ccc5ccccc5c4)ccc3-c3ccccc3)cc21. The maximum absolute atomic E-state index is 2.48. The third-order valence-corrected chi connectivity index (χ3v) is 13.4. The standard InChI is InChI=1S/C61H44N2/c1-61(2)55-24-12-8-21-51(55)52-37-35-48(40-56(52)61)62(60-39-46(32-36-50(60)42-17-4-3-5-18-42)45-29-28-41-16-6-7-19-44(41)38-45)47-33-30-43(31-34-47)49-20-9-13-25-57(49)63-58-26-14-10-22-53(58)54-23-11-15-27-59(54)63/h3-40H,1-2H3. The van der Waals surface area contributed by atoms with Gasteiger partial charge >= 0.3 is 0 Å². The van der Waals surface area contributed by atoms with Crippen LogP contribution in [0.1, 0.15) is 25.0 Å². The van der Waals surface area contributed by atoms with Gasteiger partial charge in [0.05, 0.1) is 22.4 Å². The molecule has 0 N–H and O–H groups in total. The van der Waals surface area contributed by atoms with Crippen molar-refractivity contribution in [3.05, 3.63) is 242 Å². The van der Waals surface area contributed by atoms with Gasteiger partial charge in [0, 0.05) is 38.7 Å². The Kier molecular flexibility index (Phi) is 8.55. The van der Waals surface area contributed by atoms with Gasteiger partial charge in [-0.25, -0.2) is 0 Å². The second kappa shape index (κ2) is 14.6. The molecule has 1 aliphatic carbocycles. The van der Waals surface area contributed by atoms with Crippen molar-refractivity contribution in [2.75, 3.05) is 4.90 Å². The number of anilines is 3. The Morgan fingerprint density at radius 3 is 1.67 bits per heavy atom. The molecule has 0 bridgehead atoms. The van der Waals surface area contributed by atoms with Gasteiger partial charge in [0.15, 0.2) is 0 Å². The van der Waals surface area contributed by atoms with E-state index in [1.807, 2.05) is 0 Å². The normalized spacial score (nSPS) is 12.7. The van der Waals surface area contributed by atoms with Crippen LogP contribution in [0.25, 0.3) is 82.8 Å². The minimum Gasteiger partial charge on any atom is -0.310 e. The summed E-state index contributed by atoms with van der Waals surface area (Å²) in [7, 11) is 0. The number of para-hydroxylation sites is 3. The molecule has 0 radical (unpaired) electrons. The highest BCUT2D eigenvalue weighted by molar-refractivity contribution is 6.09. The zero-order valence-corrected chi connectivity index (χ0v) is 35.3. The van der Waals surface area contributed by atoms with Gasteiger partial charge in [0.1, 0.15) is 0 Å². The first-order valence-electron chi connectivity index (χ1n) is 21.9. The topological polar surface area (TPSA) is 8.17 Å². The van der Waals surface area contributed by atoms with Crippen LogP contribution in [-0.2, 0) is 5.41 Å². The Balaban J connectivity index is 1.06. The fraction of sp³-hybridized carbons (Fsp3) is 0.0492. The zero-order chi connectivity index (χ0) is 42.1. The van der Waals surface area contributed by atoms with E-state index in [4.69, 9.17) is 0 Å². The highest BCUT2D eigenvalue weighted by Crippen LogP contribution is 2.52. The quantitative estimate of drug-likeness (QED) is 0.156. The summed E-state index contributed by atoms with van der Waals surface area (Å²) >= 11 is 0. The minimum atomic E-state index is -0.150. The maximum atomic E-state index is 2.48. The van der Waals surface area contributed by atoms with Crippen molar-refractivity contribution in [1.29, 1.82) is 0 Å². The Bertz CT molecular complexity index is 3480. The van der Waals surface area contributed by atoms with E-state index < -0.39 is 0 Å². The zero-order valence-electron chi connectivity index (χ0n) is 35.3. The number of hydrogen-bond donors (Lipinski definition) is 0. The number of fused-ring (bicyclic) bond motifs is 7. The molecular weight excluding hydrogens is 761 g/mol. The van der Waals surface area contributed by atoms with E-state index in [0.717, 1.165) is 28.3 Å². The Labute approximate surface area is 368 Å². The first-order valence-corrected chi connectivity index (χ1v) is 21.9. The molecule has 10 aromatic carbocycles. The number of benzene rings is 10. The fourth-order valence-electron chi connectivity index (χ4n) is 10.3. The fourth-order valence-corrected chi connectivity index (χ4v) is 10.3. The summed E-state index contributed by atoms with van der Waals surface area (Å²) in [6, 6.07) is 84.8. The van der Waals surface area contributed by atoms with Crippen LogP contribution >= 0.6 is 0 Å². The van der Waals surface area contributed by atoms with Crippen LogP contribution in [0, 0.1) is 0 Å². The molecule has 1 aliphatic rings. The van der Waals surface area contributed by atoms with Crippen LogP contribution in [0.5, 0.6) is 0 Å². The average molecular weight is 805 g/mol. The minimum absolute atomic E-state index is 0.150. The molecule has 0 fully saturated rings. The summed E-state index contributed by atoms with van der Waals surface area (Å²) in [5.74, 6) is 0. The van der Waals surface area contributed by atoms with E-state index in [0.29, 0.717) is 0 Å². The lowest BCUT2D eigenvalue weighted by atomic mass is 9.82. The third kappa shape index (κ3) is 6.02. The molecule has 1 aromatic heterocycles. The molecule has 0 saturated heterocycles. The summed E-state index contributed by atoms with van der Waals surface area (Å²) in [4.78, 5) is 2.48. The van der Waals surface area contributed by atoms with E-state index in [9.17, 15) is 0 Å². The smallest absolute Gasteiger partial charge is 0.0546 e. The number of rotatable bonds is 7. The van der Waals surface area contributed by atoms with Gasteiger partial charge in [0.2, 0.25) is 0 Å². The van der Waals surface area contributed by atoms with Gasteiger partial charge in [0.25, 0.3) is 0 Å². The van der Waals surface area contributed by atoms with E-state index >= 15 is 0 Å². The Morgan fingerprint density at radius 1 is 0.349 bits per heavy atom. The number of nitrogens with zero attached hydrogens (tertiary/aromatic N) is 2. The predicted octanol–water partition coefficient (Wildman–Crippen LogP) is 16.7. The molecule has 0 saturated carbocycles. The van der Waals surface area contributed by atoms with Gasteiger partial charge in [-0.15, -0.1) is 0 Å². The van der Waals surface area contributed by atoms with Crippen LogP contribution in [0.2, 0.25) is 0 Å². The number of aromatic nitrogens is 1. The van der Waals surface area contributed by atoms with Crippen molar-refractivity contribution in [1.82, 2.24) is 4.57 Å². The van der Waals surface area contributed by atoms with Crippen molar-refractivity contribution in [2.45, 2.75) is 19.3 Å². The van der Waals surface area contributed by atoms with Crippen molar-refractivity contribution < 1.29 is 0 Å². The first kappa shape index (κ1) is 36.9. The molecule has 63 heavy (non-hydrogen) atoms. The third-order valence-electron chi connectivity index (χ3n) is 13.4. The molecule has 2 nitrogen and oxygen atoms in total. The molecule has 2 heteroatoms. The lowest BCUT2D eigenvalue weighted by Crippen LogP contribution is -2.17. The Morgan fingerprint density at radius 2 is 0.889 bits per heavy atom. The number of hydrogen-bond acceptors (Lipinski definition) is 1. The maximum Gasteiger partial charge on any atom is 0.0546 e. The summed E-state index contributed by atoms with van der Waals surface area (Å²) in [6.45, 7) is 4.73. The van der Waals surface area contributed by atoms with E-state index in [1.165, 1.54) is 82.6 Å². The first-order chi connectivity index (χ1) is 31.0. The Hall–Kier alpha value is -7.94. The molecule has 0 unspecified atom stereocenters. The predicted molar refractivity (Wildman–Crippen MR) is 267 cm³/mol. The lowest BCUT2D eigenvalue weighted by Gasteiger charge is -2.30. The van der Waals surface area contributed by atoms with Gasteiger partial charge in [-0.05, 0) is 110 Å². The van der Waals surface area contributed by atoms with Crippen LogP contribution in [0.4, 0.5) is 17.1 Å². The molecule has 11 aromatic rings. The van der Waals surface area contributed by atoms with Gasteiger partial charge in [-0.1, -0.05) is 190 Å². The molecule has 12 rings (SSSR count). The van der Waals surface area contributed by atoms with Crippen molar-refractivity contribution >= 4 is 49.6 Å². The van der Waals surface area contributed by atoms with Crippen LogP contribution in [0.15, 0.2) is 231 Å². The highest BCUT2D eigenvalue weighted by Gasteiger charge is 2.36. The lowest BCUT2D eigenvalue weighted by molar-refractivity contribution is 0.660. The summed E-state index contributed by atoms with van der Waals surface area (Å²) in [6.07, 6.45) is 0. The summed E-state index contributed by atoms with van der Waals surface area (Å²) in [5.41, 5.74) is 19.2. The van der Waals surface area contributed by atoms with Crippen molar-refractivity contribution in [3.63, 3.8) is 0 Å². The monoisotopic (exact) mass is 804 g/mol. The molecule has 0 aliphatic heterocycles. The summed E-state index contributed by atoms with van der Waals surface area (Å²) in [5, 5.41) is 4.99. The molecule has 0 atom stereocenters. The second-order valence-corrected chi connectivity index (χ2v) is 17.3. The van der Waals surface area contributed by atoms with Gasteiger partial charge < -0.3 is 9.47 Å². The largest absolute Gasteiger partial charge is 0.310 e. The highest BCUT2D eigenvalue weighted by atomic mass is 15.1. The van der Waals surface area contributed by atoms with Crippen LogP contribution in [0.3, 0.4) is 0 Å². The van der Waals surface area contributed by atoms with Crippen molar-refractivity contribution in [3.8, 4) is 50.2 Å². The molecule has 298 valence electrons. The molecule has 0 spiro atoms. The van der Waals surface area contributed by atoms with E-state index in [1.54, 1.807) is 0 Å². The van der Waals surface area contributed by atoms with Crippen molar-refractivity contribution in [2.24, 2.45) is 0 Å².